The number of aliphatic hydroxyl groups excluding tert-OH is 1. The monoisotopic (exact) mass is 397 g/mol. The summed E-state index contributed by atoms with van der Waals surface area (Å²) in [7, 11) is 1.69. The summed E-state index contributed by atoms with van der Waals surface area (Å²) in [6.45, 7) is 16.3. The minimum atomic E-state index is 0.250. The molecule has 0 radical (unpaired) electrons. The summed E-state index contributed by atoms with van der Waals surface area (Å²) in [5.74, 6) is 0. The van der Waals surface area contributed by atoms with Crippen molar-refractivity contribution in [1.29, 1.82) is 0 Å². The normalized spacial score (nSPS) is 9.65. The van der Waals surface area contributed by atoms with Crippen LogP contribution in [0.25, 0.3) is 0 Å². The molecule has 0 bridgehead atoms. The van der Waals surface area contributed by atoms with Gasteiger partial charge in [0.15, 0.2) is 0 Å². The highest BCUT2D eigenvalue weighted by molar-refractivity contribution is 7.80. The van der Waals surface area contributed by atoms with E-state index in [1.165, 1.54) is 12.8 Å². The van der Waals surface area contributed by atoms with Crippen molar-refractivity contribution in [2.45, 2.75) is 47.5 Å². The summed E-state index contributed by atoms with van der Waals surface area (Å²) < 4.78 is 21.0. The number of methoxy groups -OCH3 is 1. The number of rotatable bonds is 14. The molecule has 7 heteroatoms. The van der Waals surface area contributed by atoms with Gasteiger partial charge in [-0.05, 0) is 20.8 Å². The highest BCUT2D eigenvalue weighted by atomic mass is 32.1. The van der Waals surface area contributed by atoms with Gasteiger partial charge in [0.25, 0.3) is 0 Å². The van der Waals surface area contributed by atoms with Gasteiger partial charge >= 0.3 is 0 Å². The first-order valence-corrected chi connectivity index (χ1v) is 10.0. The lowest BCUT2D eigenvalue weighted by atomic mass is 10.4. The molecule has 1 N–H and O–H groups in total. The molecule has 0 aliphatic rings. The first-order valence-electron chi connectivity index (χ1n) is 9.63. The van der Waals surface area contributed by atoms with Gasteiger partial charge in [-0.2, -0.15) is 0 Å². The fourth-order valence-corrected chi connectivity index (χ4v) is 1.57. The van der Waals surface area contributed by atoms with Gasteiger partial charge in [0.05, 0.1) is 44.6 Å². The molecule has 0 aromatic heterocycles. The molecule has 6 nitrogen and oxygen atoms in total. The summed E-state index contributed by atoms with van der Waals surface area (Å²) in [6.07, 6.45) is 2.64. The average molecular weight is 398 g/mol. The molecule has 0 fully saturated rings. The Morgan fingerprint density at radius 1 is 0.808 bits per heavy atom. The van der Waals surface area contributed by atoms with Crippen molar-refractivity contribution < 1.29 is 24.1 Å². The molecule has 0 aromatic carbocycles. The summed E-state index contributed by atoms with van der Waals surface area (Å²) in [5, 5.41) is 7.57. The molecule has 160 valence electrons. The predicted molar refractivity (Wildman–Crippen MR) is 113 cm³/mol. The quantitative estimate of drug-likeness (QED) is 0.357. The standard InChI is InChI=1S/C13H27NO4S.C4H10.C2H6O/c1-4-16-9-10-18-12-11-17-8-6-14(13(2)19)5-7-15-3;1-3-4-2;1-2-3/h4-12H2,1-3H3;3-4H2,1-2H3;3H,2H2,1H3. The Balaban J connectivity index is -0.000000643. The topological polar surface area (TPSA) is 60.4 Å². The molecule has 0 aliphatic carbocycles. The van der Waals surface area contributed by atoms with E-state index in [9.17, 15) is 0 Å². The lowest BCUT2D eigenvalue weighted by Gasteiger charge is -2.22. The van der Waals surface area contributed by atoms with Crippen molar-refractivity contribution in [3.05, 3.63) is 0 Å². The van der Waals surface area contributed by atoms with Crippen LogP contribution in [-0.4, -0.2) is 88.0 Å². The van der Waals surface area contributed by atoms with Crippen LogP contribution in [-0.2, 0) is 18.9 Å². The molecule has 0 amide bonds. The second-order valence-electron chi connectivity index (χ2n) is 5.24. The number of hydrogen-bond donors (Lipinski definition) is 1. The molecule has 0 aliphatic heterocycles. The maximum atomic E-state index is 7.57. The summed E-state index contributed by atoms with van der Waals surface area (Å²) in [4.78, 5) is 2.95. The zero-order chi connectivity index (χ0) is 20.5. The second kappa shape index (κ2) is 29.5. The number of hydrogen-bond acceptors (Lipinski definition) is 6. The number of ether oxygens (including phenoxy) is 4. The van der Waals surface area contributed by atoms with Gasteiger partial charge in [0.1, 0.15) is 0 Å². The Morgan fingerprint density at radius 2 is 1.23 bits per heavy atom. The van der Waals surface area contributed by atoms with Crippen molar-refractivity contribution >= 4 is 17.2 Å². The number of thiocarbonyl (C=S) groups is 1. The van der Waals surface area contributed by atoms with Gasteiger partial charge in [-0.3, -0.25) is 0 Å². The number of nitrogens with zero attached hydrogens (tertiary/aromatic N) is 1. The van der Waals surface area contributed by atoms with E-state index >= 15 is 0 Å². The van der Waals surface area contributed by atoms with Crippen LogP contribution in [0.5, 0.6) is 0 Å². The fourth-order valence-electron chi connectivity index (χ4n) is 1.39. The van der Waals surface area contributed by atoms with E-state index < -0.39 is 0 Å². The molecule has 26 heavy (non-hydrogen) atoms. The second-order valence-corrected chi connectivity index (χ2v) is 5.83. The summed E-state index contributed by atoms with van der Waals surface area (Å²) in [6, 6.07) is 0. The molecule has 0 aromatic rings. The predicted octanol–water partition coefficient (Wildman–Crippen LogP) is 3.16. The van der Waals surface area contributed by atoms with E-state index in [0.29, 0.717) is 39.6 Å². The maximum absolute atomic E-state index is 7.57. The van der Waals surface area contributed by atoms with Crippen molar-refractivity contribution in [2.75, 3.05) is 73.1 Å². The number of unbranched alkanes of at least 4 members (excludes halogenated alkanes) is 1. The molecular formula is C19H43NO5S. The Bertz CT molecular complexity index is 256. The van der Waals surface area contributed by atoms with Gasteiger partial charge in [-0.1, -0.05) is 38.9 Å². The molecule has 0 atom stereocenters. The van der Waals surface area contributed by atoms with Gasteiger partial charge < -0.3 is 29.0 Å². The van der Waals surface area contributed by atoms with Crippen LogP contribution < -0.4 is 0 Å². The largest absolute Gasteiger partial charge is 0.397 e. The van der Waals surface area contributed by atoms with Crippen LogP contribution in [0.3, 0.4) is 0 Å². The summed E-state index contributed by atoms with van der Waals surface area (Å²) >= 11 is 5.17. The third-order valence-corrected chi connectivity index (χ3v) is 3.22. The van der Waals surface area contributed by atoms with Crippen LogP contribution in [0, 0.1) is 0 Å². The molecule has 0 rings (SSSR count). The molecule has 0 spiro atoms. The van der Waals surface area contributed by atoms with E-state index in [2.05, 4.69) is 18.7 Å². The van der Waals surface area contributed by atoms with Gasteiger partial charge in [-0.25, -0.2) is 0 Å². The lowest BCUT2D eigenvalue weighted by Crippen LogP contribution is -2.34. The molecule has 0 saturated carbocycles. The van der Waals surface area contributed by atoms with Crippen molar-refractivity contribution in [2.24, 2.45) is 0 Å². The smallest absolute Gasteiger partial charge is 0.0749 e. The highest BCUT2D eigenvalue weighted by Gasteiger charge is 2.04. The Morgan fingerprint density at radius 3 is 1.62 bits per heavy atom. The van der Waals surface area contributed by atoms with Gasteiger partial charge in [0, 0.05) is 33.4 Å². The molecule has 0 unspecified atom stereocenters. The van der Waals surface area contributed by atoms with Crippen molar-refractivity contribution in [1.82, 2.24) is 4.90 Å². The van der Waals surface area contributed by atoms with Crippen LogP contribution >= 0.6 is 12.2 Å². The zero-order valence-electron chi connectivity index (χ0n) is 17.9. The Kier molecular flexibility index (Phi) is 34.5. The van der Waals surface area contributed by atoms with Crippen molar-refractivity contribution in [3.8, 4) is 0 Å². The van der Waals surface area contributed by atoms with Crippen molar-refractivity contribution in [3.63, 3.8) is 0 Å². The van der Waals surface area contributed by atoms with E-state index in [4.69, 9.17) is 36.3 Å². The first kappa shape index (κ1) is 30.4. The minimum Gasteiger partial charge on any atom is -0.397 e. The van der Waals surface area contributed by atoms with Gasteiger partial charge in [-0.15, -0.1) is 0 Å². The lowest BCUT2D eigenvalue weighted by molar-refractivity contribution is 0.0146. The van der Waals surface area contributed by atoms with Crippen LogP contribution in [0.2, 0.25) is 0 Å². The maximum Gasteiger partial charge on any atom is 0.0749 e. The average Bonchev–Trinajstić information content (AvgIpc) is 2.63. The first-order chi connectivity index (χ1) is 12.5. The third-order valence-electron chi connectivity index (χ3n) is 2.96. The molecule has 0 heterocycles. The highest BCUT2D eigenvalue weighted by Crippen LogP contribution is 1.93. The van der Waals surface area contributed by atoms with Crippen LogP contribution in [0.4, 0.5) is 0 Å². The van der Waals surface area contributed by atoms with E-state index in [1.807, 2.05) is 13.8 Å². The van der Waals surface area contributed by atoms with E-state index in [0.717, 1.165) is 24.7 Å². The minimum absolute atomic E-state index is 0.250. The molecule has 0 saturated heterocycles. The SMILES string of the molecule is CCCC.CCO.CCOCCOCCOCCN(CCOC)C(C)=S. The van der Waals surface area contributed by atoms with E-state index in [-0.39, 0.29) is 6.61 Å². The molecular weight excluding hydrogens is 354 g/mol. The van der Waals surface area contributed by atoms with Crippen LogP contribution in [0.1, 0.15) is 47.5 Å². The Hall–Kier alpha value is -0.310. The number of aliphatic hydroxyl groups is 1. The van der Waals surface area contributed by atoms with E-state index in [1.54, 1.807) is 14.0 Å². The third kappa shape index (κ3) is 31.5. The fraction of sp³-hybridized carbons (Fsp3) is 0.947. The Labute approximate surface area is 167 Å². The summed E-state index contributed by atoms with van der Waals surface area (Å²) in [5.41, 5.74) is 0. The zero-order valence-corrected chi connectivity index (χ0v) is 18.7. The van der Waals surface area contributed by atoms with Crippen LogP contribution in [0.15, 0.2) is 0 Å². The van der Waals surface area contributed by atoms with Gasteiger partial charge in [0.2, 0.25) is 0 Å².